The highest BCUT2D eigenvalue weighted by atomic mass is 127. The van der Waals surface area contributed by atoms with E-state index in [9.17, 15) is 4.79 Å². The summed E-state index contributed by atoms with van der Waals surface area (Å²) in [6.45, 7) is 10.0. The smallest absolute Gasteiger partial charge is 0.412 e. The van der Waals surface area contributed by atoms with E-state index in [1.807, 2.05) is 45.0 Å². The number of halogens is 1. The van der Waals surface area contributed by atoms with Gasteiger partial charge in [0, 0.05) is 24.5 Å². The van der Waals surface area contributed by atoms with Crippen LogP contribution < -0.4 is 16.0 Å². The van der Waals surface area contributed by atoms with Gasteiger partial charge in [-0.1, -0.05) is 12.1 Å². The van der Waals surface area contributed by atoms with Gasteiger partial charge in [0.2, 0.25) is 0 Å². The molecular weight excluding hydrogens is 475 g/mol. The van der Waals surface area contributed by atoms with Crippen LogP contribution in [0.15, 0.2) is 29.3 Å². The fourth-order valence-electron chi connectivity index (χ4n) is 2.09. The molecule has 0 aromatic heterocycles. The quantitative estimate of drug-likeness (QED) is 0.213. The first-order chi connectivity index (χ1) is 12.3. The average Bonchev–Trinajstić information content (AvgIpc) is 2.55. The predicted octanol–water partition coefficient (Wildman–Crippen LogP) is 4.11. The number of benzene rings is 1. The van der Waals surface area contributed by atoms with Crippen molar-refractivity contribution in [3.05, 3.63) is 29.8 Å². The van der Waals surface area contributed by atoms with Gasteiger partial charge in [0.25, 0.3) is 0 Å². The van der Waals surface area contributed by atoms with Crippen molar-refractivity contribution in [1.82, 2.24) is 10.6 Å². The van der Waals surface area contributed by atoms with E-state index in [1.54, 1.807) is 11.8 Å². The highest BCUT2D eigenvalue weighted by Crippen LogP contribution is 2.13. The lowest BCUT2D eigenvalue weighted by Gasteiger charge is -2.19. The van der Waals surface area contributed by atoms with Crippen molar-refractivity contribution >= 4 is 53.5 Å². The monoisotopic (exact) mass is 508 g/mol. The van der Waals surface area contributed by atoms with E-state index in [2.05, 4.69) is 34.1 Å². The lowest BCUT2D eigenvalue weighted by atomic mass is 10.1. The van der Waals surface area contributed by atoms with Gasteiger partial charge in [-0.25, -0.2) is 4.79 Å². The van der Waals surface area contributed by atoms with Gasteiger partial charge >= 0.3 is 6.09 Å². The number of amides is 1. The lowest BCUT2D eigenvalue weighted by molar-refractivity contribution is 0.0636. The largest absolute Gasteiger partial charge is 0.444 e. The summed E-state index contributed by atoms with van der Waals surface area (Å²) >= 11 is 1.79. The molecule has 0 fully saturated rings. The van der Waals surface area contributed by atoms with Crippen LogP contribution in [0.25, 0.3) is 0 Å². The average molecular weight is 508 g/mol. The first-order valence-electron chi connectivity index (χ1n) is 8.94. The third kappa shape index (κ3) is 12.8. The van der Waals surface area contributed by atoms with Crippen LogP contribution >= 0.6 is 35.7 Å². The Hall–Kier alpha value is -1.16. The molecule has 6 nitrogen and oxygen atoms in total. The molecule has 0 saturated carbocycles. The normalized spacial score (nSPS) is 11.4. The fourth-order valence-corrected chi connectivity index (χ4v) is 2.37. The molecule has 0 aliphatic rings. The van der Waals surface area contributed by atoms with Gasteiger partial charge in [-0.15, -0.1) is 24.0 Å². The zero-order chi connectivity index (χ0) is 19.4. The molecule has 0 heterocycles. The Bertz CT molecular complexity index is 574. The zero-order valence-electron chi connectivity index (χ0n) is 16.9. The second-order valence-electron chi connectivity index (χ2n) is 6.75. The van der Waals surface area contributed by atoms with E-state index in [-0.39, 0.29) is 24.0 Å². The van der Waals surface area contributed by atoms with Gasteiger partial charge < -0.3 is 15.4 Å². The molecule has 0 unspecified atom stereocenters. The number of rotatable bonds is 8. The molecule has 0 spiro atoms. The van der Waals surface area contributed by atoms with E-state index >= 15 is 0 Å². The standard InChI is InChI=1S/C19H32N4O2S.HI/c1-6-20-17(22-13-14-26-5)21-12-11-15-7-9-16(10-8-15)23-18(24)25-19(2,3)4;/h7-10H,6,11-14H2,1-5H3,(H,23,24)(H2,20,21,22);1H. The Morgan fingerprint density at radius 2 is 1.85 bits per heavy atom. The van der Waals surface area contributed by atoms with E-state index < -0.39 is 11.7 Å². The molecule has 8 heteroatoms. The van der Waals surface area contributed by atoms with Crippen molar-refractivity contribution < 1.29 is 9.53 Å². The molecule has 1 amide bonds. The summed E-state index contributed by atoms with van der Waals surface area (Å²) < 4.78 is 5.24. The molecular formula is C19H33IN4O2S. The molecule has 0 saturated heterocycles. The van der Waals surface area contributed by atoms with Crippen LogP contribution in [0.3, 0.4) is 0 Å². The maximum absolute atomic E-state index is 11.8. The molecule has 0 radical (unpaired) electrons. The Balaban J connectivity index is 0.00000676. The van der Waals surface area contributed by atoms with Crippen LogP contribution in [0.5, 0.6) is 0 Å². The third-order valence-electron chi connectivity index (χ3n) is 3.21. The molecule has 1 aromatic carbocycles. The highest BCUT2D eigenvalue weighted by molar-refractivity contribution is 14.0. The maximum atomic E-state index is 11.8. The van der Waals surface area contributed by atoms with E-state index in [4.69, 9.17) is 4.74 Å². The molecule has 27 heavy (non-hydrogen) atoms. The number of nitrogens with one attached hydrogen (secondary N) is 3. The van der Waals surface area contributed by atoms with Crippen molar-refractivity contribution in [2.24, 2.45) is 4.99 Å². The number of carbonyl (C=O) groups excluding carboxylic acids is 1. The number of aliphatic imine (C=N–C) groups is 1. The number of anilines is 1. The van der Waals surface area contributed by atoms with Crippen molar-refractivity contribution in [3.8, 4) is 0 Å². The maximum Gasteiger partial charge on any atom is 0.412 e. The molecule has 1 aromatic rings. The molecule has 154 valence electrons. The second-order valence-corrected chi connectivity index (χ2v) is 7.74. The predicted molar refractivity (Wildman–Crippen MR) is 128 cm³/mol. The van der Waals surface area contributed by atoms with Crippen molar-refractivity contribution in [1.29, 1.82) is 0 Å². The van der Waals surface area contributed by atoms with Crippen molar-refractivity contribution in [2.45, 2.75) is 39.7 Å². The van der Waals surface area contributed by atoms with Crippen molar-refractivity contribution in [3.63, 3.8) is 0 Å². The number of carbonyl (C=O) groups is 1. The molecule has 1 rings (SSSR count). The molecule has 0 bridgehead atoms. The Morgan fingerprint density at radius 1 is 1.19 bits per heavy atom. The number of guanidine groups is 1. The van der Waals surface area contributed by atoms with Crippen LogP contribution in [0.1, 0.15) is 33.3 Å². The minimum Gasteiger partial charge on any atom is -0.444 e. The lowest BCUT2D eigenvalue weighted by Crippen LogP contribution is -2.38. The minimum atomic E-state index is -0.503. The minimum absolute atomic E-state index is 0. The number of hydrogen-bond acceptors (Lipinski definition) is 4. The van der Waals surface area contributed by atoms with Gasteiger partial charge in [0.15, 0.2) is 5.96 Å². The third-order valence-corrected chi connectivity index (χ3v) is 3.81. The van der Waals surface area contributed by atoms with E-state index in [0.717, 1.165) is 43.5 Å². The summed E-state index contributed by atoms with van der Waals surface area (Å²) in [4.78, 5) is 16.3. The van der Waals surface area contributed by atoms with Crippen LogP contribution in [0.4, 0.5) is 10.5 Å². The molecule has 0 atom stereocenters. The summed E-state index contributed by atoms with van der Waals surface area (Å²) in [6, 6.07) is 7.78. The van der Waals surface area contributed by atoms with Gasteiger partial charge in [-0.2, -0.15) is 11.8 Å². The highest BCUT2D eigenvalue weighted by Gasteiger charge is 2.16. The Labute approximate surface area is 184 Å². The van der Waals surface area contributed by atoms with Gasteiger partial charge in [0.05, 0.1) is 6.54 Å². The molecule has 0 aliphatic carbocycles. The van der Waals surface area contributed by atoms with Crippen LogP contribution in [-0.4, -0.2) is 49.3 Å². The molecule has 3 N–H and O–H groups in total. The van der Waals surface area contributed by atoms with E-state index in [0.29, 0.717) is 0 Å². The summed E-state index contributed by atoms with van der Waals surface area (Å²) in [5.41, 5.74) is 1.41. The van der Waals surface area contributed by atoms with Crippen LogP contribution in [-0.2, 0) is 11.2 Å². The first-order valence-corrected chi connectivity index (χ1v) is 10.3. The first kappa shape index (κ1) is 25.8. The fraction of sp³-hybridized carbons (Fsp3) is 0.579. The van der Waals surface area contributed by atoms with Crippen LogP contribution in [0, 0.1) is 0 Å². The number of ether oxygens (including phenoxy) is 1. The van der Waals surface area contributed by atoms with Gasteiger partial charge in [-0.05, 0) is 58.1 Å². The van der Waals surface area contributed by atoms with Gasteiger partial charge in [-0.3, -0.25) is 10.3 Å². The Morgan fingerprint density at radius 3 is 2.41 bits per heavy atom. The SMILES string of the molecule is CCNC(=NCCSC)NCCc1ccc(NC(=O)OC(C)(C)C)cc1.I. The number of thioether (sulfide) groups is 1. The number of nitrogens with zero attached hydrogens (tertiary/aromatic N) is 1. The summed E-state index contributed by atoms with van der Waals surface area (Å²) in [6.07, 6.45) is 2.51. The van der Waals surface area contributed by atoms with Crippen LogP contribution in [0.2, 0.25) is 0 Å². The topological polar surface area (TPSA) is 74.8 Å². The zero-order valence-corrected chi connectivity index (χ0v) is 20.1. The summed E-state index contributed by atoms with van der Waals surface area (Å²) in [5.74, 6) is 1.87. The van der Waals surface area contributed by atoms with Gasteiger partial charge in [0.1, 0.15) is 5.60 Å². The summed E-state index contributed by atoms with van der Waals surface area (Å²) in [7, 11) is 0. The summed E-state index contributed by atoms with van der Waals surface area (Å²) in [5, 5.41) is 9.32. The van der Waals surface area contributed by atoms with Crippen molar-refractivity contribution in [2.75, 3.05) is 37.0 Å². The Kier molecular flexibility index (Phi) is 13.3. The second kappa shape index (κ2) is 13.9. The molecule has 0 aliphatic heterocycles. The van der Waals surface area contributed by atoms with E-state index in [1.165, 1.54) is 5.56 Å². The number of hydrogen-bond donors (Lipinski definition) is 3.